The van der Waals surface area contributed by atoms with E-state index in [9.17, 15) is 14.0 Å². The van der Waals surface area contributed by atoms with Crippen molar-refractivity contribution in [2.45, 2.75) is 13.1 Å². The van der Waals surface area contributed by atoms with Crippen LogP contribution in [0.5, 0.6) is 0 Å². The molecule has 0 aliphatic carbocycles. The van der Waals surface area contributed by atoms with E-state index in [1.54, 1.807) is 13.1 Å². The summed E-state index contributed by atoms with van der Waals surface area (Å²) >= 11 is 0. The van der Waals surface area contributed by atoms with Gasteiger partial charge >= 0.3 is 5.97 Å². The van der Waals surface area contributed by atoms with Crippen LogP contribution in [0.25, 0.3) is 22.0 Å². The van der Waals surface area contributed by atoms with Gasteiger partial charge in [-0.15, -0.1) is 0 Å². The molecule has 5 nitrogen and oxygen atoms in total. The number of aryl methyl sites for hydroxylation is 1. The van der Waals surface area contributed by atoms with Crippen molar-refractivity contribution in [3.8, 4) is 11.1 Å². The summed E-state index contributed by atoms with van der Waals surface area (Å²) < 4.78 is 16.2. The molecule has 2 N–H and O–H groups in total. The van der Waals surface area contributed by atoms with E-state index in [4.69, 9.17) is 5.11 Å². The van der Waals surface area contributed by atoms with Crippen molar-refractivity contribution >= 4 is 16.9 Å². The van der Waals surface area contributed by atoms with Gasteiger partial charge in [0, 0.05) is 37.3 Å². The van der Waals surface area contributed by atoms with Crippen LogP contribution >= 0.6 is 0 Å². The molecule has 1 aliphatic heterocycles. The molecule has 4 rings (SSSR count). The number of carboxylic acids is 1. The number of rotatable bonds is 2. The predicted molar refractivity (Wildman–Crippen MR) is 92.1 cm³/mol. The molecule has 126 valence electrons. The number of halogens is 1. The Bertz CT molecular complexity index is 1100. The smallest absolute Gasteiger partial charge is 0.341 e. The van der Waals surface area contributed by atoms with Crippen molar-refractivity contribution < 1.29 is 14.3 Å². The van der Waals surface area contributed by atoms with E-state index in [0.29, 0.717) is 11.1 Å². The Labute approximate surface area is 142 Å². The summed E-state index contributed by atoms with van der Waals surface area (Å²) in [5.74, 6) is -1.86. The summed E-state index contributed by atoms with van der Waals surface area (Å²) in [4.78, 5) is 23.5. The normalized spacial score (nSPS) is 13.2. The van der Waals surface area contributed by atoms with Crippen LogP contribution in [0.15, 0.2) is 41.3 Å². The molecule has 0 amide bonds. The predicted octanol–water partition coefficient (Wildman–Crippen LogP) is 2.65. The van der Waals surface area contributed by atoms with Gasteiger partial charge in [-0.05, 0) is 34.9 Å². The lowest BCUT2D eigenvalue weighted by molar-refractivity contribution is 0.0695. The highest BCUT2D eigenvalue weighted by atomic mass is 19.1. The maximum Gasteiger partial charge on any atom is 0.341 e. The molecule has 0 saturated carbocycles. The molecule has 25 heavy (non-hydrogen) atoms. The van der Waals surface area contributed by atoms with Gasteiger partial charge in [0.2, 0.25) is 5.43 Å². The van der Waals surface area contributed by atoms with Gasteiger partial charge in [-0.2, -0.15) is 0 Å². The lowest BCUT2D eigenvalue weighted by Gasteiger charge is -2.11. The second-order valence-electron chi connectivity index (χ2n) is 6.22. The second kappa shape index (κ2) is 5.53. The van der Waals surface area contributed by atoms with Crippen molar-refractivity contribution in [2.75, 3.05) is 0 Å². The first-order valence-corrected chi connectivity index (χ1v) is 7.85. The fraction of sp³-hybridized carbons (Fsp3) is 0.158. The van der Waals surface area contributed by atoms with Gasteiger partial charge in [-0.3, -0.25) is 4.79 Å². The van der Waals surface area contributed by atoms with Crippen LogP contribution < -0.4 is 10.7 Å². The SMILES string of the molecule is Cn1cc(C(=O)O)c(=O)c2cc(F)c(-c3ccc4c(c3)CNC4)cc21. The first-order chi connectivity index (χ1) is 12.0. The van der Waals surface area contributed by atoms with Crippen molar-refractivity contribution in [1.82, 2.24) is 9.88 Å². The van der Waals surface area contributed by atoms with Crippen molar-refractivity contribution in [2.24, 2.45) is 7.05 Å². The minimum atomic E-state index is -1.32. The van der Waals surface area contributed by atoms with Crippen LogP contribution in [-0.4, -0.2) is 15.6 Å². The highest BCUT2D eigenvalue weighted by Crippen LogP contribution is 2.29. The number of hydrogen-bond acceptors (Lipinski definition) is 3. The molecule has 0 unspecified atom stereocenters. The molecule has 0 atom stereocenters. The van der Waals surface area contributed by atoms with E-state index < -0.39 is 17.2 Å². The lowest BCUT2D eigenvalue weighted by Crippen LogP contribution is -2.18. The van der Waals surface area contributed by atoms with Crippen LogP contribution in [0.1, 0.15) is 21.5 Å². The summed E-state index contributed by atoms with van der Waals surface area (Å²) in [6.45, 7) is 1.56. The Balaban J connectivity index is 1.96. The first-order valence-electron chi connectivity index (χ1n) is 7.85. The van der Waals surface area contributed by atoms with Crippen molar-refractivity contribution in [1.29, 1.82) is 0 Å². The second-order valence-corrected chi connectivity index (χ2v) is 6.22. The summed E-state index contributed by atoms with van der Waals surface area (Å²) in [5, 5.41) is 12.4. The Morgan fingerprint density at radius 1 is 1.20 bits per heavy atom. The van der Waals surface area contributed by atoms with E-state index in [1.165, 1.54) is 16.3 Å². The summed E-state index contributed by atoms with van der Waals surface area (Å²) in [5.41, 5.74) is 2.90. The third-order valence-corrected chi connectivity index (χ3v) is 4.66. The zero-order valence-corrected chi connectivity index (χ0v) is 13.5. The van der Waals surface area contributed by atoms with E-state index >= 15 is 0 Å². The number of nitrogens with zero attached hydrogens (tertiary/aromatic N) is 1. The van der Waals surface area contributed by atoms with E-state index in [2.05, 4.69) is 5.32 Å². The van der Waals surface area contributed by atoms with Gasteiger partial charge in [0.05, 0.1) is 5.52 Å². The molecule has 1 aromatic heterocycles. The number of pyridine rings is 1. The Morgan fingerprint density at radius 3 is 2.72 bits per heavy atom. The molecule has 1 aliphatic rings. The van der Waals surface area contributed by atoms with Crippen LogP contribution in [0.4, 0.5) is 4.39 Å². The fourth-order valence-corrected chi connectivity index (χ4v) is 3.34. The van der Waals surface area contributed by atoms with Gasteiger partial charge in [0.1, 0.15) is 11.4 Å². The quantitative estimate of drug-likeness (QED) is 0.754. The number of aromatic nitrogens is 1. The molecule has 3 aromatic rings. The van der Waals surface area contributed by atoms with E-state index in [-0.39, 0.29) is 10.9 Å². The highest BCUT2D eigenvalue weighted by molar-refractivity contribution is 5.93. The topological polar surface area (TPSA) is 71.3 Å². The Morgan fingerprint density at radius 2 is 1.96 bits per heavy atom. The number of carbonyl (C=O) groups is 1. The Kier molecular flexibility index (Phi) is 3.43. The minimum Gasteiger partial charge on any atom is -0.477 e. The summed E-state index contributed by atoms with van der Waals surface area (Å²) in [6, 6.07) is 8.51. The number of carboxylic acid groups (broad SMARTS) is 1. The fourth-order valence-electron chi connectivity index (χ4n) is 3.34. The van der Waals surface area contributed by atoms with Gasteiger partial charge in [-0.1, -0.05) is 12.1 Å². The number of aromatic carboxylic acids is 1. The molecule has 0 bridgehead atoms. The largest absolute Gasteiger partial charge is 0.477 e. The maximum atomic E-state index is 14.7. The molecular formula is C19H15FN2O3. The molecule has 0 saturated heterocycles. The minimum absolute atomic E-state index is 0.0616. The molecule has 2 heterocycles. The lowest BCUT2D eigenvalue weighted by atomic mass is 9.98. The van der Waals surface area contributed by atoms with Crippen LogP contribution in [0.3, 0.4) is 0 Å². The number of fused-ring (bicyclic) bond motifs is 2. The maximum absolute atomic E-state index is 14.7. The van der Waals surface area contributed by atoms with Crippen LogP contribution in [0, 0.1) is 5.82 Å². The number of nitrogens with one attached hydrogen (secondary N) is 1. The Hall–Kier alpha value is -2.99. The number of benzene rings is 2. The molecular weight excluding hydrogens is 323 g/mol. The molecule has 0 radical (unpaired) electrons. The van der Waals surface area contributed by atoms with E-state index in [1.807, 2.05) is 18.2 Å². The summed E-state index contributed by atoms with van der Waals surface area (Å²) in [6.07, 6.45) is 1.27. The van der Waals surface area contributed by atoms with E-state index in [0.717, 1.165) is 30.3 Å². The molecule has 0 spiro atoms. The monoisotopic (exact) mass is 338 g/mol. The molecule has 6 heteroatoms. The average Bonchev–Trinajstić information content (AvgIpc) is 3.05. The zero-order chi connectivity index (χ0) is 17.7. The standard InChI is InChI=1S/C19H15FN2O3/c1-22-9-15(19(24)25)18(23)14-5-16(20)13(6-17(14)22)10-2-3-11-7-21-8-12(11)4-10/h2-6,9,21H,7-8H2,1H3,(H,24,25). The van der Waals surface area contributed by atoms with Crippen molar-refractivity contribution in [3.05, 3.63) is 69.3 Å². The third kappa shape index (κ3) is 2.42. The highest BCUT2D eigenvalue weighted by Gasteiger charge is 2.17. The van der Waals surface area contributed by atoms with Gasteiger partial charge in [0.25, 0.3) is 0 Å². The zero-order valence-electron chi connectivity index (χ0n) is 13.5. The van der Waals surface area contributed by atoms with Gasteiger partial charge in [0.15, 0.2) is 0 Å². The molecule has 0 fully saturated rings. The van der Waals surface area contributed by atoms with Gasteiger partial charge < -0.3 is 15.0 Å². The third-order valence-electron chi connectivity index (χ3n) is 4.66. The summed E-state index contributed by atoms with van der Waals surface area (Å²) in [7, 11) is 1.64. The van der Waals surface area contributed by atoms with Crippen molar-refractivity contribution in [3.63, 3.8) is 0 Å². The molecule has 2 aromatic carbocycles. The first kappa shape index (κ1) is 15.5. The van der Waals surface area contributed by atoms with Crippen LogP contribution in [0.2, 0.25) is 0 Å². The number of hydrogen-bond donors (Lipinski definition) is 2. The van der Waals surface area contributed by atoms with Gasteiger partial charge in [-0.25, -0.2) is 9.18 Å². The van der Waals surface area contributed by atoms with Crippen LogP contribution in [-0.2, 0) is 20.1 Å². The average molecular weight is 338 g/mol.